The number of hydrogen-bond donors (Lipinski definition) is 1. The zero-order chi connectivity index (χ0) is 25.7. The second-order valence-electron chi connectivity index (χ2n) is 8.56. The largest absolute Gasteiger partial charge is 0.508 e. The predicted molar refractivity (Wildman–Crippen MR) is 128 cm³/mol. The summed E-state index contributed by atoms with van der Waals surface area (Å²) < 4.78 is 60.9. The Morgan fingerprint density at radius 3 is 2.14 bits per heavy atom. The van der Waals surface area contributed by atoms with Gasteiger partial charge in [0.15, 0.2) is 0 Å². The molecule has 36 heavy (non-hydrogen) atoms. The SMILES string of the molecule is O=C(c1cccc(F)c1C(F)(F)F)N(c1ccc(O)cc1)c1ccc(OCCN2CCCCC2)cc1. The Morgan fingerprint density at radius 2 is 1.53 bits per heavy atom. The van der Waals surface area contributed by atoms with E-state index in [1.165, 1.54) is 43.5 Å². The van der Waals surface area contributed by atoms with E-state index in [2.05, 4.69) is 4.90 Å². The molecular formula is C27H26F4N2O3. The zero-order valence-electron chi connectivity index (χ0n) is 19.5. The third-order valence-corrected chi connectivity index (χ3v) is 6.06. The fourth-order valence-corrected chi connectivity index (χ4v) is 4.26. The number of rotatable bonds is 7. The highest BCUT2D eigenvalue weighted by Crippen LogP contribution is 2.37. The van der Waals surface area contributed by atoms with Crippen LogP contribution < -0.4 is 9.64 Å². The summed E-state index contributed by atoms with van der Waals surface area (Å²) >= 11 is 0. The van der Waals surface area contributed by atoms with E-state index in [0.29, 0.717) is 18.4 Å². The highest BCUT2D eigenvalue weighted by atomic mass is 19.4. The molecular weight excluding hydrogens is 476 g/mol. The highest BCUT2D eigenvalue weighted by molar-refractivity contribution is 6.11. The molecule has 0 aromatic heterocycles. The van der Waals surface area contributed by atoms with Crippen LogP contribution in [0.3, 0.4) is 0 Å². The quantitative estimate of drug-likeness (QED) is 0.380. The van der Waals surface area contributed by atoms with E-state index < -0.39 is 29.0 Å². The Labute approximate surface area is 206 Å². The Balaban J connectivity index is 1.61. The third kappa shape index (κ3) is 5.96. The molecule has 5 nitrogen and oxygen atoms in total. The van der Waals surface area contributed by atoms with Gasteiger partial charge in [-0.2, -0.15) is 13.2 Å². The predicted octanol–water partition coefficient (Wildman–Crippen LogP) is 6.39. The second kappa shape index (κ2) is 11.0. The molecule has 3 aromatic rings. The number of ether oxygens (including phenoxy) is 1. The molecule has 0 aliphatic carbocycles. The number of phenolic OH excluding ortho intramolecular Hbond substituents is 1. The summed E-state index contributed by atoms with van der Waals surface area (Å²) in [6.45, 7) is 3.37. The van der Waals surface area contributed by atoms with Crippen LogP contribution >= 0.6 is 0 Å². The molecule has 0 saturated carbocycles. The lowest BCUT2D eigenvalue weighted by molar-refractivity contribution is -0.140. The van der Waals surface area contributed by atoms with E-state index in [1.807, 2.05) is 0 Å². The first-order chi connectivity index (χ1) is 17.2. The standard InChI is InChI=1S/C27H26F4N2O3/c28-24-6-4-5-23(25(24)27(29,30)31)26(35)33(19-7-11-21(34)12-8-19)20-9-13-22(14-10-20)36-18-17-32-15-2-1-3-16-32/h4-14,34H,1-3,15-18H2. The maximum Gasteiger partial charge on any atom is 0.420 e. The van der Waals surface area contributed by atoms with Gasteiger partial charge in [0.05, 0.1) is 5.56 Å². The second-order valence-corrected chi connectivity index (χ2v) is 8.56. The summed E-state index contributed by atoms with van der Waals surface area (Å²) in [5.41, 5.74) is -1.99. The van der Waals surface area contributed by atoms with E-state index in [4.69, 9.17) is 4.74 Å². The fourth-order valence-electron chi connectivity index (χ4n) is 4.26. The molecule has 190 valence electrons. The molecule has 1 heterocycles. The first-order valence-electron chi connectivity index (χ1n) is 11.7. The normalized spacial score (nSPS) is 14.4. The lowest BCUT2D eigenvalue weighted by Gasteiger charge is -2.26. The van der Waals surface area contributed by atoms with Crippen LogP contribution in [0.25, 0.3) is 0 Å². The third-order valence-electron chi connectivity index (χ3n) is 6.06. The van der Waals surface area contributed by atoms with Gasteiger partial charge in [-0.25, -0.2) is 4.39 Å². The number of alkyl halides is 3. The van der Waals surface area contributed by atoms with Gasteiger partial charge in [0.1, 0.15) is 29.5 Å². The number of piperidine rings is 1. The average molecular weight is 503 g/mol. The number of benzene rings is 3. The molecule has 1 amide bonds. The lowest BCUT2D eigenvalue weighted by Crippen LogP contribution is -2.33. The smallest absolute Gasteiger partial charge is 0.420 e. The average Bonchev–Trinajstić information content (AvgIpc) is 2.86. The Kier molecular flexibility index (Phi) is 7.79. The summed E-state index contributed by atoms with van der Waals surface area (Å²) in [5, 5.41) is 9.64. The van der Waals surface area contributed by atoms with Gasteiger partial charge < -0.3 is 9.84 Å². The van der Waals surface area contributed by atoms with Crippen molar-refractivity contribution in [3.8, 4) is 11.5 Å². The summed E-state index contributed by atoms with van der Waals surface area (Å²) in [6.07, 6.45) is -1.47. The number of aromatic hydroxyl groups is 1. The van der Waals surface area contributed by atoms with Crippen molar-refractivity contribution < 1.29 is 32.2 Å². The van der Waals surface area contributed by atoms with Gasteiger partial charge in [0, 0.05) is 17.9 Å². The van der Waals surface area contributed by atoms with Gasteiger partial charge in [-0.05, 0) is 86.6 Å². The van der Waals surface area contributed by atoms with Gasteiger partial charge in [0.25, 0.3) is 5.91 Å². The zero-order valence-corrected chi connectivity index (χ0v) is 19.5. The minimum Gasteiger partial charge on any atom is -0.508 e. The fraction of sp³-hybridized carbons (Fsp3) is 0.296. The van der Waals surface area contributed by atoms with E-state index >= 15 is 0 Å². The van der Waals surface area contributed by atoms with Crippen LogP contribution in [0.15, 0.2) is 66.7 Å². The first kappa shape index (κ1) is 25.5. The highest BCUT2D eigenvalue weighted by Gasteiger charge is 2.39. The maximum absolute atomic E-state index is 14.2. The maximum atomic E-state index is 14.2. The summed E-state index contributed by atoms with van der Waals surface area (Å²) in [4.78, 5) is 16.8. The van der Waals surface area contributed by atoms with Crippen LogP contribution in [0.2, 0.25) is 0 Å². The topological polar surface area (TPSA) is 53.0 Å². The molecule has 1 N–H and O–H groups in total. The minimum atomic E-state index is -5.07. The number of phenols is 1. The van der Waals surface area contributed by atoms with Gasteiger partial charge in [-0.3, -0.25) is 14.6 Å². The van der Waals surface area contributed by atoms with E-state index in [-0.39, 0.29) is 17.1 Å². The van der Waals surface area contributed by atoms with Crippen molar-refractivity contribution in [2.75, 3.05) is 31.1 Å². The summed E-state index contributed by atoms with van der Waals surface area (Å²) in [7, 11) is 0. The monoisotopic (exact) mass is 502 g/mol. The molecule has 0 radical (unpaired) electrons. The van der Waals surface area contributed by atoms with Crippen molar-refractivity contribution in [1.82, 2.24) is 4.90 Å². The van der Waals surface area contributed by atoms with Crippen LogP contribution in [0, 0.1) is 5.82 Å². The van der Waals surface area contributed by atoms with E-state index in [1.54, 1.807) is 24.3 Å². The molecule has 0 bridgehead atoms. The summed E-state index contributed by atoms with van der Waals surface area (Å²) in [6, 6.07) is 14.4. The van der Waals surface area contributed by atoms with Crippen LogP contribution in [0.4, 0.5) is 28.9 Å². The number of hydrogen-bond acceptors (Lipinski definition) is 4. The summed E-state index contributed by atoms with van der Waals surface area (Å²) in [5.74, 6) is -2.12. The van der Waals surface area contributed by atoms with E-state index in [9.17, 15) is 27.5 Å². The Morgan fingerprint density at radius 1 is 0.917 bits per heavy atom. The minimum absolute atomic E-state index is 0.0784. The molecule has 4 rings (SSSR count). The van der Waals surface area contributed by atoms with Crippen molar-refractivity contribution in [1.29, 1.82) is 0 Å². The molecule has 1 saturated heterocycles. The Bertz CT molecular complexity index is 1180. The number of anilines is 2. The van der Waals surface area contributed by atoms with Gasteiger partial charge in [-0.15, -0.1) is 0 Å². The molecule has 0 unspecified atom stereocenters. The molecule has 3 aromatic carbocycles. The number of nitrogens with zero attached hydrogens (tertiary/aromatic N) is 2. The molecule has 0 spiro atoms. The number of carbonyl (C=O) groups excluding carboxylic acids is 1. The number of amides is 1. The first-order valence-corrected chi connectivity index (χ1v) is 11.7. The van der Waals surface area contributed by atoms with Crippen molar-refractivity contribution in [3.05, 3.63) is 83.7 Å². The van der Waals surface area contributed by atoms with Crippen LogP contribution in [-0.4, -0.2) is 42.2 Å². The van der Waals surface area contributed by atoms with Gasteiger partial charge in [0.2, 0.25) is 0 Å². The van der Waals surface area contributed by atoms with Crippen LogP contribution in [0.5, 0.6) is 11.5 Å². The van der Waals surface area contributed by atoms with Gasteiger partial charge in [-0.1, -0.05) is 12.5 Å². The van der Waals surface area contributed by atoms with Crippen molar-refractivity contribution in [2.45, 2.75) is 25.4 Å². The van der Waals surface area contributed by atoms with Crippen LogP contribution in [0.1, 0.15) is 35.2 Å². The van der Waals surface area contributed by atoms with Gasteiger partial charge >= 0.3 is 6.18 Å². The van der Waals surface area contributed by atoms with Crippen molar-refractivity contribution >= 4 is 17.3 Å². The number of halogens is 4. The lowest BCUT2D eigenvalue weighted by atomic mass is 10.0. The van der Waals surface area contributed by atoms with Crippen molar-refractivity contribution in [2.24, 2.45) is 0 Å². The molecule has 1 aliphatic heterocycles. The van der Waals surface area contributed by atoms with Crippen LogP contribution in [-0.2, 0) is 6.18 Å². The number of carbonyl (C=O) groups is 1. The Hall–Kier alpha value is -3.59. The molecule has 0 atom stereocenters. The number of likely N-dealkylation sites (tertiary alicyclic amines) is 1. The van der Waals surface area contributed by atoms with E-state index in [0.717, 1.165) is 36.7 Å². The molecule has 9 heteroatoms. The molecule has 1 aliphatic rings. The van der Waals surface area contributed by atoms with Crippen molar-refractivity contribution in [3.63, 3.8) is 0 Å². The molecule has 1 fully saturated rings.